The van der Waals surface area contributed by atoms with E-state index in [1.165, 1.54) is 7.11 Å². The molecule has 3 aromatic rings. The summed E-state index contributed by atoms with van der Waals surface area (Å²) >= 11 is 5.84. The molecular formula is C26H29N5O3S. The number of rotatable bonds is 7. The maximum atomic E-state index is 11.9. The van der Waals surface area contributed by atoms with Gasteiger partial charge in [0.1, 0.15) is 0 Å². The molecule has 5 rings (SSSR count). The highest BCUT2D eigenvalue weighted by atomic mass is 32.1. The standard InChI is InChI=1S/C26H29N5O3S/c1-33-25(32)19-7-9-20(10-8-19)30-12-4-6-22(30)24-23(21-5-2-3-11-27-21)28-26(35)31(24)14-13-29-15-17-34-18-16-29/h2-12,23-24H,13-18H2,1H3,(H,28,35)/t23-,24+/m1/s1. The number of carbonyl (C=O) groups is 1. The van der Waals surface area contributed by atoms with Crippen LogP contribution in [0.4, 0.5) is 0 Å². The van der Waals surface area contributed by atoms with Crippen molar-refractivity contribution in [2.75, 3.05) is 46.5 Å². The smallest absolute Gasteiger partial charge is 0.337 e. The highest BCUT2D eigenvalue weighted by Crippen LogP contribution is 2.39. The second-order valence-corrected chi connectivity index (χ2v) is 9.00. The summed E-state index contributed by atoms with van der Waals surface area (Å²) < 4.78 is 12.5. The molecule has 0 radical (unpaired) electrons. The molecule has 35 heavy (non-hydrogen) atoms. The Balaban J connectivity index is 1.48. The van der Waals surface area contributed by atoms with Crippen LogP contribution in [0, 0.1) is 0 Å². The van der Waals surface area contributed by atoms with Crippen LogP contribution >= 0.6 is 12.2 Å². The predicted octanol–water partition coefficient (Wildman–Crippen LogP) is 2.96. The third-order valence-corrected chi connectivity index (χ3v) is 6.96. The Kier molecular flexibility index (Phi) is 7.08. The first-order valence-electron chi connectivity index (χ1n) is 11.8. The number of pyridine rings is 1. The number of thiocarbonyl (C=S) groups is 1. The minimum atomic E-state index is -0.348. The molecule has 0 bridgehead atoms. The summed E-state index contributed by atoms with van der Waals surface area (Å²) in [4.78, 5) is 21.2. The summed E-state index contributed by atoms with van der Waals surface area (Å²) in [5, 5.41) is 4.26. The number of methoxy groups -OCH3 is 1. The molecule has 8 nitrogen and oxygen atoms in total. The lowest BCUT2D eigenvalue weighted by Gasteiger charge is -2.32. The lowest BCUT2D eigenvalue weighted by molar-refractivity contribution is 0.0349. The van der Waals surface area contributed by atoms with Gasteiger partial charge < -0.3 is 24.3 Å². The third-order valence-electron chi connectivity index (χ3n) is 6.61. The van der Waals surface area contributed by atoms with E-state index in [4.69, 9.17) is 21.7 Å². The molecule has 0 saturated carbocycles. The molecule has 0 spiro atoms. The van der Waals surface area contributed by atoms with Gasteiger partial charge in [-0.25, -0.2) is 4.79 Å². The number of morpholine rings is 1. The Morgan fingerprint density at radius 1 is 1.11 bits per heavy atom. The molecule has 2 saturated heterocycles. The van der Waals surface area contributed by atoms with Crippen LogP contribution in [0.3, 0.4) is 0 Å². The van der Waals surface area contributed by atoms with E-state index in [9.17, 15) is 4.79 Å². The Hall–Kier alpha value is -3.27. The molecule has 2 aliphatic rings. The van der Waals surface area contributed by atoms with E-state index in [1.807, 2.05) is 48.8 Å². The van der Waals surface area contributed by atoms with Gasteiger partial charge >= 0.3 is 5.97 Å². The van der Waals surface area contributed by atoms with Crippen molar-refractivity contribution >= 4 is 23.3 Å². The lowest BCUT2D eigenvalue weighted by Crippen LogP contribution is -2.42. The molecule has 9 heteroatoms. The number of hydrogen-bond donors (Lipinski definition) is 1. The number of nitrogens with one attached hydrogen (secondary N) is 1. The van der Waals surface area contributed by atoms with Gasteiger partial charge in [0.2, 0.25) is 0 Å². The SMILES string of the molecule is COC(=O)c1ccc(-n2cccc2[C@H]2[C@@H](c3ccccn3)NC(=S)N2CCN2CCOCC2)cc1. The van der Waals surface area contributed by atoms with Crippen molar-refractivity contribution in [1.29, 1.82) is 0 Å². The van der Waals surface area contributed by atoms with E-state index in [-0.39, 0.29) is 18.1 Å². The molecule has 2 aliphatic heterocycles. The van der Waals surface area contributed by atoms with Gasteiger partial charge in [0.05, 0.1) is 43.7 Å². The van der Waals surface area contributed by atoms with Crippen LogP contribution in [-0.2, 0) is 9.47 Å². The molecule has 182 valence electrons. The molecule has 1 aromatic carbocycles. The Labute approximate surface area is 210 Å². The third kappa shape index (κ3) is 4.93. The Morgan fingerprint density at radius 3 is 2.63 bits per heavy atom. The zero-order valence-electron chi connectivity index (χ0n) is 19.7. The van der Waals surface area contributed by atoms with Gasteiger partial charge in [-0.3, -0.25) is 9.88 Å². The number of esters is 1. The summed E-state index contributed by atoms with van der Waals surface area (Å²) in [7, 11) is 1.39. The van der Waals surface area contributed by atoms with E-state index in [0.717, 1.165) is 61.6 Å². The van der Waals surface area contributed by atoms with Crippen molar-refractivity contribution < 1.29 is 14.3 Å². The molecule has 0 amide bonds. The van der Waals surface area contributed by atoms with Gasteiger partial charge in [-0.05, 0) is 60.7 Å². The average molecular weight is 492 g/mol. The highest BCUT2D eigenvalue weighted by Gasteiger charge is 2.41. The predicted molar refractivity (Wildman–Crippen MR) is 137 cm³/mol. The zero-order chi connectivity index (χ0) is 24.2. The Morgan fingerprint density at radius 2 is 1.91 bits per heavy atom. The van der Waals surface area contributed by atoms with E-state index in [2.05, 4.69) is 30.7 Å². The summed E-state index contributed by atoms with van der Waals surface area (Å²) in [6.45, 7) is 5.12. The van der Waals surface area contributed by atoms with Crippen LogP contribution < -0.4 is 5.32 Å². The molecule has 4 heterocycles. The first kappa shape index (κ1) is 23.5. The number of hydrogen-bond acceptors (Lipinski definition) is 6. The molecule has 1 N–H and O–H groups in total. The summed E-state index contributed by atoms with van der Waals surface area (Å²) in [5.74, 6) is -0.348. The lowest BCUT2D eigenvalue weighted by atomic mass is 10.0. The number of benzene rings is 1. The summed E-state index contributed by atoms with van der Waals surface area (Å²) in [6, 6.07) is 17.5. The van der Waals surface area contributed by atoms with Gasteiger partial charge in [0.25, 0.3) is 0 Å². The van der Waals surface area contributed by atoms with Crippen molar-refractivity contribution in [3.63, 3.8) is 0 Å². The van der Waals surface area contributed by atoms with Crippen molar-refractivity contribution in [2.24, 2.45) is 0 Å². The van der Waals surface area contributed by atoms with Gasteiger partial charge in [-0.1, -0.05) is 6.07 Å². The van der Waals surface area contributed by atoms with Crippen molar-refractivity contribution in [2.45, 2.75) is 12.1 Å². The first-order valence-corrected chi connectivity index (χ1v) is 12.2. The molecule has 0 unspecified atom stereocenters. The van der Waals surface area contributed by atoms with Gasteiger partial charge in [0, 0.05) is 50.0 Å². The topological polar surface area (TPSA) is 71.9 Å². The fourth-order valence-corrected chi connectivity index (χ4v) is 5.12. The van der Waals surface area contributed by atoms with Gasteiger partial charge in [0.15, 0.2) is 5.11 Å². The number of aromatic nitrogens is 2. The molecule has 2 fully saturated rings. The van der Waals surface area contributed by atoms with Crippen molar-refractivity contribution in [3.05, 3.63) is 83.9 Å². The number of nitrogens with zero attached hydrogens (tertiary/aromatic N) is 4. The average Bonchev–Trinajstić information content (AvgIpc) is 3.52. The van der Waals surface area contributed by atoms with E-state index >= 15 is 0 Å². The largest absolute Gasteiger partial charge is 0.465 e. The number of carbonyl (C=O) groups excluding carboxylic acids is 1. The second-order valence-electron chi connectivity index (χ2n) is 8.62. The van der Waals surface area contributed by atoms with E-state index in [1.54, 1.807) is 12.1 Å². The molecule has 2 atom stereocenters. The summed E-state index contributed by atoms with van der Waals surface area (Å²) in [5.41, 5.74) is 3.53. The van der Waals surface area contributed by atoms with Crippen LogP contribution in [0.2, 0.25) is 0 Å². The van der Waals surface area contributed by atoms with Gasteiger partial charge in [-0.15, -0.1) is 0 Å². The maximum absolute atomic E-state index is 11.9. The summed E-state index contributed by atoms with van der Waals surface area (Å²) in [6.07, 6.45) is 3.86. The molecule has 2 aromatic heterocycles. The fourth-order valence-electron chi connectivity index (χ4n) is 4.79. The molecule has 0 aliphatic carbocycles. The van der Waals surface area contributed by atoms with E-state index < -0.39 is 0 Å². The zero-order valence-corrected chi connectivity index (χ0v) is 20.5. The van der Waals surface area contributed by atoms with Crippen LogP contribution in [0.15, 0.2) is 67.0 Å². The van der Waals surface area contributed by atoms with Crippen molar-refractivity contribution in [3.8, 4) is 5.69 Å². The van der Waals surface area contributed by atoms with E-state index in [0.29, 0.717) is 5.56 Å². The Bertz CT molecular complexity index is 1160. The minimum absolute atomic E-state index is 0.0475. The first-order chi connectivity index (χ1) is 17.2. The quantitative estimate of drug-likeness (QED) is 0.400. The van der Waals surface area contributed by atoms with Crippen molar-refractivity contribution in [1.82, 2.24) is 24.7 Å². The fraction of sp³-hybridized carbons (Fsp3) is 0.346. The van der Waals surface area contributed by atoms with Gasteiger partial charge in [-0.2, -0.15) is 0 Å². The van der Waals surface area contributed by atoms with Crippen LogP contribution in [0.25, 0.3) is 5.69 Å². The maximum Gasteiger partial charge on any atom is 0.337 e. The van der Waals surface area contributed by atoms with Crippen LogP contribution in [0.1, 0.15) is 33.8 Å². The highest BCUT2D eigenvalue weighted by molar-refractivity contribution is 7.80. The number of ether oxygens (including phenoxy) is 2. The minimum Gasteiger partial charge on any atom is -0.465 e. The second kappa shape index (κ2) is 10.6. The monoisotopic (exact) mass is 491 g/mol. The van der Waals surface area contributed by atoms with Crippen LogP contribution in [0.5, 0.6) is 0 Å². The molecular weight excluding hydrogens is 462 g/mol. The normalized spacial score (nSPS) is 20.6. The van der Waals surface area contributed by atoms with Crippen LogP contribution in [-0.4, -0.2) is 76.9 Å².